The summed E-state index contributed by atoms with van der Waals surface area (Å²) in [5, 5.41) is 16.0. The van der Waals surface area contributed by atoms with E-state index in [1.165, 1.54) is 27.7 Å². The Bertz CT molecular complexity index is 472. The van der Waals surface area contributed by atoms with Crippen LogP contribution in [0, 0.1) is 0 Å². The van der Waals surface area contributed by atoms with Crippen molar-refractivity contribution in [3.63, 3.8) is 0 Å². The van der Waals surface area contributed by atoms with Gasteiger partial charge in [-0.15, -0.1) is 22.7 Å². The van der Waals surface area contributed by atoms with Crippen molar-refractivity contribution < 1.29 is 9.90 Å². The monoisotopic (exact) mass is 282 g/mol. The first-order valence-corrected chi connectivity index (χ1v) is 7.10. The first-order chi connectivity index (χ1) is 8.55. The van der Waals surface area contributed by atoms with E-state index in [9.17, 15) is 9.90 Å². The van der Waals surface area contributed by atoms with Crippen molar-refractivity contribution in [2.75, 3.05) is 14.1 Å². The summed E-state index contributed by atoms with van der Waals surface area (Å²) in [6.07, 6.45) is 0. The molecule has 2 N–H and O–H groups in total. The Morgan fingerprint density at radius 2 is 1.72 bits per heavy atom. The van der Waals surface area contributed by atoms with Crippen LogP contribution in [0.3, 0.4) is 0 Å². The molecular weight excluding hydrogens is 268 g/mol. The fourth-order valence-corrected chi connectivity index (χ4v) is 3.33. The first kappa shape index (κ1) is 13.2. The zero-order chi connectivity index (χ0) is 13.2. The largest absolute Gasteiger partial charge is 0.370 e. The van der Waals surface area contributed by atoms with Gasteiger partial charge in [0.15, 0.2) is 0 Å². The van der Waals surface area contributed by atoms with Crippen LogP contribution in [-0.2, 0) is 10.4 Å². The summed E-state index contributed by atoms with van der Waals surface area (Å²) in [4.78, 5) is 13.5. The van der Waals surface area contributed by atoms with Crippen LogP contribution in [0.4, 0.5) is 0 Å². The molecule has 0 spiro atoms. The van der Waals surface area contributed by atoms with Crippen molar-refractivity contribution in [2.24, 2.45) is 0 Å². The molecular formula is C12H14N2O2S2. The van der Waals surface area contributed by atoms with Gasteiger partial charge in [-0.3, -0.25) is 10.2 Å². The van der Waals surface area contributed by atoms with Gasteiger partial charge in [-0.05, 0) is 22.9 Å². The fourth-order valence-electron chi connectivity index (χ4n) is 1.60. The lowest BCUT2D eigenvalue weighted by Gasteiger charge is -2.26. The summed E-state index contributed by atoms with van der Waals surface area (Å²) in [5.41, 5.74) is 0.999. The summed E-state index contributed by atoms with van der Waals surface area (Å²) >= 11 is 2.72. The van der Waals surface area contributed by atoms with E-state index in [0.717, 1.165) is 0 Å². The highest BCUT2D eigenvalue weighted by Crippen LogP contribution is 2.35. The standard InChI is InChI=1S/C12H14N2O2S2/c1-14(2)13-11(15)12(16,9-5-3-7-17-9)10-6-4-8-18-10/h3-8,16H,1-2H3,(H,13,15). The second kappa shape index (κ2) is 5.19. The van der Waals surface area contributed by atoms with Crippen molar-refractivity contribution in [1.29, 1.82) is 0 Å². The molecule has 4 nitrogen and oxygen atoms in total. The average Bonchev–Trinajstić information content (AvgIpc) is 3.00. The maximum atomic E-state index is 12.3. The average molecular weight is 282 g/mol. The number of carbonyl (C=O) groups excluding carboxylic acids is 1. The van der Waals surface area contributed by atoms with Crippen LogP contribution in [-0.4, -0.2) is 30.1 Å². The van der Waals surface area contributed by atoms with Crippen molar-refractivity contribution in [1.82, 2.24) is 10.4 Å². The number of carbonyl (C=O) groups is 1. The Morgan fingerprint density at radius 1 is 1.22 bits per heavy atom. The molecule has 2 aromatic heterocycles. The van der Waals surface area contributed by atoms with Crippen LogP contribution in [0.2, 0.25) is 0 Å². The molecule has 0 aromatic carbocycles. The molecule has 0 radical (unpaired) electrons. The van der Waals surface area contributed by atoms with E-state index in [1.54, 1.807) is 26.2 Å². The van der Waals surface area contributed by atoms with Gasteiger partial charge < -0.3 is 5.11 Å². The minimum atomic E-state index is -1.62. The molecule has 0 bridgehead atoms. The highest BCUT2D eigenvalue weighted by atomic mass is 32.1. The number of nitrogens with one attached hydrogen (secondary N) is 1. The third-order valence-corrected chi connectivity index (χ3v) is 4.37. The predicted octanol–water partition coefficient (Wildman–Crippen LogP) is 1.64. The van der Waals surface area contributed by atoms with Crippen LogP contribution >= 0.6 is 22.7 Å². The SMILES string of the molecule is CN(C)NC(=O)C(O)(c1cccs1)c1cccs1. The van der Waals surface area contributed by atoms with Gasteiger partial charge in [0, 0.05) is 14.1 Å². The van der Waals surface area contributed by atoms with Crippen LogP contribution < -0.4 is 5.43 Å². The summed E-state index contributed by atoms with van der Waals surface area (Å²) < 4.78 is 0. The van der Waals surface area contributed by atoms with Crippen LogP contribution in [0.1, 0.15) is 9.75 Å². The van der Waals surface area contributed by atoms with E-state index >= 15 is 0 Å². The van der Waals surface area contributed by atoms with Gasteiger partial charge in [0.25, 0.3) is 5.91 Å². The number of thiophene rings is 2. The van der Waals surface area contributed by atoms with Crippen molar-refractivity contribution in [3.05, 3.63) is 44.8 Å². The van der Waals surface area contributed by atoms with Crippen molar-refractivity contribution >= 4 is 28.6 Å². The normalized spacial score (nSPS) is 11.8. The molecule has 2 rings (SSSR count). The number of hydrogen-bond donors (Lipinski definition) is 2. The highest BCUT2D eigenvalue weighted by Gasteiger charge is 2.42. The number of nitrogens with zero attached hydrogens (tertiary/aromatic N) is 1. The summed E-state index contributed by atoms with van der Waals surface area (Å²) in [7, 11) is 3.42. The topological polar surface area (TPSA) is 52.6 Å². The Morgan fingerprint density at radius 3 is 2.06 bits per heavy atom. The fraction of sp³-hybridized carbons (Fsp3) is 0.250. The molecule has 0 saturated carbocycles. The lowest BCUT2D eigenvalue weighted by Crippen LogP contribution is -2.49. The first-order valence-electron chi connectivity index (χ1n) is 5.34. The van der Waals surface area contributed by atoms with Gasteiger partial charge in [-0.2, -0.15) is 0 Å². The molecule has 2 aromatic rings. The molecule has 2 heterocycles. The Kier molecular flexibility index (Phi) is 3.82. The number of hydrogen-bond acceptors (Lipinski definition) is 5. The molecule has 0 aliphatic rings. The highest BCUT2D eigenvalue weighted by molar-refractivity contribution is 7.12. The van der Waals surface area contributed by atoms with E-state index in [4.69, 9.17) is 0 Å². The summed E-state index contributed by atoms with van der Waals surface area (Å²) in [6, 6.07) is 7.17. The van der Waals surface area contributed by atoms with Crippen molar-refractivity contribution in [3.8, 4) is 0 Å². The predicted molar refractivity (Wildman–Crippen MR) is 73.5 cm³/mol. The van der Waals surface area contributed by atoms with Gasteiger partial charge >= 0.3 is 0 Å². The summed E-state index contributed by atoms with van der Waals surface area (Å²) in [5.74, 6) is -0.447. The van der Waals surface area contributed by atoms with Gasteiger partial charge in [0.1, 0.15) is 0 Å². The van der Waals surface area contributed by atoms with Gasteiger partial charge in [0.05, 0.1) is 9.75 Å². The minimum absolute atomic E-state index is 0.447. The van der Waals surface area contributed by atoms with E-state index in [0.29, 0.717) is 9.75 Å². The molecule has 0 aliphatic carbocycles. The van der Waals surface area contributed by atoms with Gasteiger partial charge in [-0.1, -0.05) is 12.1 Å². The van der Waals surface area contributed by atoms with E-state index in [1.807, 2.05) is 22.9 Å². The number of aliphatic hydroxyl groups is 1. The van der Waals surface area contributed by atoms with Crippen molar-refractivity contribution in [2.45, 2.75) is 5.60 Å². The molecule has 6 heteroatoms. The number of hydrazine groups is 1. The second-order valence-electron chi connectivity index (χ2n) is 4.00. The molecule has 0 saturated heterocycles. The zero-order valence-electron chi connectivity index (χ0n) is 10.1. The van der Waals surface area contributed by atoms with Crippen LogP contribution in [0.5, 0.6) is 0 Å². The molecule has 0 fully saturated rings. The minimum Gasteiger partial charge on any atom is -0.370 e. The van der Waals surface area contributed by atoms with E-state index in [2.05, 4.69) is 5.43 Å². The molecule has 96 valence electrons. The van der Waals surface area contributed by atoms with E-state index < -0.39 is 11.5 Å². The molecule has 0 aliphatic heterocycles. The molecule has 1 amide bonds. The quantitative estimate of drug-likeness (QED) is 0.838. The lowest BCUT2D eigenvalue weighted by atomic mass is 9.99. The van der Waals surface area contributed by atoms with E-state index in [-0.39, 0.29) is 0 Å². The molecule has 0 unspecified atom stereocenters. The number of rotatable bonds is 4. The Hall–Kier alpha value is -1.21. The summed E-state index contributed by atoms with van der Waals surface area (Å²) in [6.45, 7) is 0. The van der Waals surface area contributed by atoms with Crippen LogP contribution in [0.25, 0.3) is 0 Å². The number of amides is 1. The lowest BCUT2D eigenvalue weighted by molar-refractivity contribution is -0.140. The van der Waals surface area contributed by atoms with Gasteiger partial charge in [0.2, 0.25) is 5.60 Å². The Labute approximate surface area is 113 Å². The zero-order valence-corrected chi connectivity index (χ0v) is 11.7. The maximum Gasteiger partial charge on any atom is 0.277 e. The second-order valence-corrected chi connectivity index (χ2v) is 5.90. The third kappa shape index (κ3) is 2.32. The molecule has 18 heavy (non-hydrogen) atoms. The smallest absolute Gasteiger partial charge is 0.277 e. The molecule has 0 atom stereocenters. The Balaban J connectivity index is 2.44. The third-order valence-electron chi connectivity index (χ3n) is 2.41. The van der Waals surface area contributed by atoms with Gasteiger partial charge in [-0.25, -0.2) is 5.01 Å². The van der Waals surface area contributed by atoms with Crippen LogP contribution in [0.15, 0.2) is 35.0 Å². The maximum absolute atomic E-state index is 12.3.